The molecule has 0 aromatic heterocycles. The number of carboxylic acids is 1. The van der Waals surface area contributed by atoms with Gasteiger partial charge in [0.05, 0.1) is 0 Å². The maximum absolute atomic E-state index is 11.0. The number of hydrogen-bond donors (Lipinski definition) is 2. The summed E-state index contributed by atoms with van der Waals surface area (Å²) in [6.45, 7) is 0.559. The van der Waals surface area contributed by atoms with Gasteiger partial charge in [0.25, 0.3) is 0 Å². The Morgan fingerprint density at radius 3 is 2.75 bits per heavy atom. The molecule has 0 fully saturated rings. The third kappa shape index (κ3) is 3.61. The molecule has 0 bridgehead atoms. The Balaban J connectivity index is 2.62. The van der Waals surface area contributed by atoms with Crippen LogP contribution in [0.1, 0.15) is 11.6 Å². The van der Waals surface area contributed by atoms with Crippen LogP contribution in [0.5, 0.6) is 0 Å². The van der Waals surface area contributed by atoms with E-state index in [-0.39, 0.29) is 6.54 Å². The molecular formula is C10H12N4O2. The lowest BCUT2D eigenvalue weighted by Gasteiger charge is -2.13. The van der Waals surface area contributed by atoms with Gasteiger partial charge in [0.2, 0.25) is 0 Å². The van der Waals surface area contributed by atoms with Crippen LogP contribution in [0.3, 0.4) is 0 Å². The number of nitrogens with zero attached hydrogens (tertiary/aromatic N) is 3. The van der Waals surface area contributed by atoms with E-state index in [1.54, 1.807) is 24.3 Å². The molecule has 84 valence electrons. The van der Waals surface area contributed by atoms with Gasteiger partial charge in [-0.1, -0.05) is 35.4 Å². The lowest BCUT2D eigenvalue weighted by atomic mass is 10.1. The minimum atomic E-state index is -0.952. The fourth-order valence-electron chi connectivity index (χ4n) is 1.30. The number of hydrogen-bond acceptors (Lipinski definition) is 3. The Hall–Kier alpha value is -2.04. The summed E-state index contributed by atoms with van der Waals surface area (Å²) in [5.74, 6) is -0.952. The van der Waals surface area contributed by atoms with Crippen LogP contribution in [-0.2, 0) is 4.79 Å². The maximum atomic E-state index is 11.0. The minimum Gasteiger partial charge on any atom is -0.480 e. The van der Waals surface area contributed by atoms with Crippen LogP contribution in [0, 0.1) is 0 Å². The summed E-state index contributed by atoms with van der Waals surface area (Å²) in [7, 11) is 0. The van der Waals surface area contributed by atoms with E-state index >= 15 is 0 Å². The average Bonchev–Trinajstić information content (AvgIpc) is 2.30. The molecule has 0 aliphatic rings. The second-order valence-corrected chi connectivity index (χ2v) is 3.09. The second kappa shape index (κ2) is 6.44. The van der Waals surface area contributed by atoms with Crippen molar-refractivity contribution in [3.8, 4) is 0 Å². The number of carbonyl (C=O) groups is 1. The van der Waals surface area contributed by atoms with Gasteiger partial charge in [-0.3, -0.25) is 4.79 Å². The number of nitrogens with one attached hydrogen (secondary N) is 1. The van der Waals surface area contributed by atoms with Crippen molar-refractivity contribution in [1.82, 2.24) is 5.32 Å². The van der Waals surface area contributed by atoms with E-state index in [0.29, 0.717) is 12.1 Å². The summed E-state index contributed by atoms with van der Waals surface area (Å²) in [6.07, 6.45) is 0. The van der Waals surface area contributed by atoms with E-state index in [4.69, 9.17) is 10.6 Å². The lowest BCUT2D eigenvalue weighted by molar-refractivity contribution is -0.139. The van der Waals surface area contributed by atoms with Gasteiger partial charge >= 0.3 is 5.97 Å². The Kier molecular flexibility index (Phi) is 4.85. The van der Waals surface area contributed by atoms with Crippen molar-refractivity contribution in [3.05, 3.63) is 46.3 Å². The van der Waals surface area contributed by atoms with Crippen molar-refractivity contribution in [1.29, 1.82) is 0 Å². The van der Waals surface area contributed by atoms with Gasteiger partial charge in [0.1, 0.15) is 6.04 Å². The van der Waals surface area contributed by atoms with E-state index in [1.807, 2.05) is 6.07 Å². The zero-order valence-electron chi connectivity index (χ0n) is 8.58. The zero-order valence-corrected chi connectivity index (χ0v) is 8.58. The summed E-state index contributed by atoms with van der Waals surface area (Å²) < 4.78 is 0. The number of azide groups is 1. The molecular weight excluding hydrogens is 208 g/mol. The zero-order chi connectivity index (χ0) is 11.8. The third-order valence-corrected chi connectivity index (χ3v) is 2.00. The summed E-state index contributed by atoms with van der Waals surface area (Å²) in [5, 5.41) is 15.1. The lowest BCUT2D eigenvalue weighted by Crippen LogP contribution is -2.30. The number of aliphatic carboxylic acids is 1. The predicted octanol–water partition coefficient (Wildman–Crippen LogP) is 1.71. The molecule has 0 heterocycles. The van der Waals surface area contributed by atoms with Crippen LogP contribution in [0.4, 0.5) is 0 Å². The highest BCUT2D eigenvalue weighted by atomic mass is 16.4. The standard InChI is InChI=1S/C10H12N4O2/c11-14-13-7-6-12-9(10(15)16)8-4-2-1-3-5-8/h1-5,9,12H,6-7H2,(H,15,16). The van der Waals surface area contributed by atoms with Crippen LogP contribution in [0.15, 0.2) is 35.4 Å². The molecule has 1 aromatic rings. The van der Waals surface area contributed by atoms with Crippen LogP contribution >= 0.6 is 0 Å². The van der Waals surface area contributed by atoms with Crippen molar-refractivity contribution in [2.45, 2.75) is 6.04 Å². The van der Waals surface area contributed by atoms with Gasteiger partial charge in [-0.2, -0.15) is 0 Å². The van der Waals surface area contributed by atoms with Gasteiger partial charge < -0.3 is 10.4 Å². The number of benzene rings is 1. The number of carboxylic acid groups (broad SMARTS) is 1. The molecule has 1 unspecified atom stereocenters. The summed E-state index contributed by atoms with van der Waals surface area (Å²) in [6, 6.07) is 8.08. The smallest absolute Gasteiger partial charge is 0.325 e. The van der Waals surface area contributed by atoms with Gasteiger partial charge in [0, 0.05) is 18.0 Å². The largest absolute Gasteiger partial charge is 0.480 e. The topological polar surface area (TPSA) is 98.1 Å². The normalized spacial score (nSPS) is 11.5. The molecule has 0 aliphatic carbocycles. The summed E-state index contributed by atoms with van der Waals surface area (Å²) in [5.41, 5.74) is 8.75. The fourth-order valence-corrected chi connectivity index (χ4v) is 1.30. The van der Waals surface area contributed by atoms with Crippen molar-refractivity contribution >= 4 is 5.97 Å². The van der Waals surface area contributed by atoms with Crippen molar-refractivity contribution in [2.75, 3.05) is 13.1 Å². The van der Waals surface area contributed by atoms with E-state index < -0.39 is 12.0 Å². The molecule has 0 saturated carbocycles. The molecule has 1 rings (SSSR count). The second-order valence-electron chi connectivity index (χ2n) is 3.09. The highest BCUT2D eigenvalue weighted by Crippen LogP contribution is 2.11. The molecule has 16 heavy (non-hydrogen) atoms. The molecule has 6 heteroatoms. The Morgan fingerprint density at radius 1 is 1.50 bits per heavy atom. The molecule has 0 aliphatic heterocycles. The maximum Gasteiger partial charge on any atom is 0.325 e. The Bertz CT molecular complexity index is 387. The highest BCUT2D eigenvalue weighted by Gasteiger charge is 2.17. The molecule has 1 atom stereocenters. The minimum absolute atomic E-state index is 0.229. The first kappa shape index (κ1) is 12.0. The molecule has 1 aromatic carbocycles. The van der Waals surface area contributed by atoms with Crippen LogP contribution in [0.25, 0.3) is 10.4 Å². The molecule has 0 saturated heterocycles. The van der Waals surface area contributed by atoms with Gasteiger partial charge in [0.15, 0.2) is 0 Å². The first-order valence-electron chi connectivity index (χ1n) is 4.77. The molecule has 0 amide bonds. The molecule has 0 radical (unpaired) electrons. The van der Waals surface area contributed by atoms with Crippen molar-refractivity contribution < 1.29 is 9.90 Å². The summed E-state index contributed by atoms with van der Waals surface area (Å²) >= 11 is 0. The first-order chi connectivity index (χ1) is 7.75. The van der Waals surface area contributed by atoms with Crippen LogP contribution < -0.4 is 5.32 Å². The van der Waals surface area contributed by atoms with Crippen LogP contribution in [0.2, 0.25) is 0 Å². The number of rotatable bonds is 6. The quantitative estimate of drug-likeness (QED) is 0.330. The monoisotopic (exact) mass is 220 g/mol. The molecule has 2 N–H and O–H groups in total. The summed E-state index contributed by atoms with van der Waals surface area (Å²) in [4.78, 5) is 13.6. The SMILES string of the molecule is [N-]=[N+]=NCCNC(C(=O)O)c1ccccc1. The van der Waals surface area contributed by atoms with Gasteiger partial charge in [-0.25, -0.2) is 0 Å². The van der Waals surface area contributed by atoms with Gasteiger partial charge in [-0.15, -0.1) is 0 Å². The van der Waals surface area contributed by atoms with E-state index in [0.717, 1.165) is 0 Å². The van der Waals surface area contributed by atoms with Gasteiger partial charge in [-0.05, 0) is 11.1 Å². The highest BCUT2D eigenvalue weighted by molar-refractivity contribution is 5.75. The predicted molar refractivity (Wildman–Crippen MR) is 58.8 cm³/mol. The fraction of sp³-hybridized carbons (Fsp3) is 0.300. The Morgan fingerprint density at radius 2 is 2.19 bits per heavy atom. The Labute approximate surface area is 92.5 Å². The molecule has 0 spiro atoms. The first-order valence-corrected chi connectivity index (χ1v) is 4.77. The van der Waals surface area contributed by atoms with Crippen LogP contribution in [-0.4, -0.2) is 24.2 Å². The van der Waals surface area contributed by atoms with E-state index in [9.17, 15) is 4.79 Å². The molecule has 6 nitrogen and oxygen atoms in total. The van der Waals surface area contributed by atoms with Crippen molar-refractivity contribution in [3.63, 3.8) is 0 Å². The average molecular weight is 220 g/mol. The van der Waals surface area contributed by atoms with Crippen molar-refractivity contribution in [2.24, 2.45) is 5.11 Å². The van der Waals surface area contributed by atoms with E-state index in [1.165, 1.54) is 0 Å². The third-order valence-electron chi connectivity index (χ3n) is 2.00. The van der Waals surface area contributed by atoms with E-state index in [2.05, 4.69) is 15.3 Å².